The lowest BCUT2D eigenvalue weighted by Gasteiger charge is -2.24. The zero-order valence-electron chi connectivity index (χ0n) is 12.4. The number of rotatable bonds is 8. The Hall–Kier alpha value is -1.06. The summed E-state index contributed by atoms with van der Waals surface area (Å²) in [5.74, 6) is 0.963. The van der Waals surface area contributed by atoms with Gasteiger partial charge in [0, 0.05) is 25.2 Å². The lowest BCUT2D eigenvalue weighted by molar-refractivity contribution is 0.241. The van der Waals surface area contributed by atoms with Gasteiger partial charge in [0.05, 0.1) is 6.61 Å². The molecule has 0 aromatic heterocycles. The Kier molecular flexibility index (Phi) is 5.23. The summed E-state index contributed by atoms with van der Waals surface area (Å²) in [5.41, 5.74) is 1.28. The molecule has 1 saturated carbocycles. The highest BCUT2D eigenvalue weighted by atomic mass is 16.5. The average molecular weight is 262 g/mol. The van der Waals surface area contributed by atoms with Crippen molar-refractivity contribution in [2.75, 3.05) is 20.2 Å². The van der Waals surface area contributed by atoms with Gasteiger partial charge >= 0.3 is 0 Å². The summed E-state index contributed by atoms with van der Waals surface area (Å²) in [6, 6.07) is 9.76. The fraction of sp³-hybridized carbons (Fsp3) is 0.625. The van der Waals surface area contributed by atoms with Gasteiger partial charge in [0.2, 0.25) is 0 Å². The van der Waals surface area contributed by atoms with Crippen LogP contribution in [0.15, 0.2) is 24.3 Å². The van der Waals surface area contributed by atoms with Gasteiger partial charge in [-0.1, -0.05) is 12.1 Å². The first-order valence-electron chi connectivity index (χ1n) is 7.35. The van der Waals surface area contributed by atoms with Crippen LogP contribution >= 0.6 is 0 Å². The van der Waals surface area contributed by atoms with Gasteiger partial charge in [0.25, 0.3) is 0 Å². The molecule has 106 valence electrons. The number of nitrogens with zero attached hydrogens (tertiary/aromatic N) is 1. The summed E-state index contributed by atoms with van der Waals surface area (Å²) in [6.45, 7) is 6.97. The summed E-state index contributed by atoms with van der Waals surface area (Å²) in [7, 11) is 2.24. The molecule has 0 radical (unpaired) electrons. The number of likely N-dealkylation sites (N-methyl/N-ethyl adjacent to an activating group) is 1. The Labute approximate surface area is 116 Å². The molecule has 0 amide bonds. The van der Waals surface area contributed by atoms with Crippen LogP contribution < -0.4 is 10.1 Å². The third-order valence-electron chi connectivity index (χ3n) is 3.80. The second kappa shape index (κ2) is 6.92. The first-order valence-corrected chi connectivity index (χ1v) is 7.35. The molecule has 1 unspecified atom stereocenters. The van der Waals surface area contributed by atoms with Crippen molar-refractivity contribution in [3.63, 3.8) is 0 Å². The maximum Gasteiger partial charge on any atom is 0.119 e. The highest BCUT2D eigenvalue weighted by molar-refractivity contribution is 5.28. The van der Waals surface area contributed by atoms with Crippen LogP contribution in [0.25, 0.3) is 0 Å². The number of nitrogens with one attached hydrogen (secondary N) is 1. The number of ether oxygens (including phenoxy) is 1. The molecule has 0 heterocycles. The van der Waals surface area contributed by atoms with Gasteiger partial charge < -0.3 is 10.1 Å². The molecule has 19 heavy (non-hydrogen) atoms. The SMILES string of the molecule is CCOc1cccc(CNCC(C)N(C)C2CC2)c1. The summed E-state index contributed by atoms with van der Waals surface area (Å²) in [5, 5.41) is 3.54. The van der Waals surface area contributed by atoms with Gasteiger partial charge in [0.15, 0.2) is 0 Å². The molecule has 1 atom stereocenters. The van der Waals surface area contributed by atoms with E-state index < -0.39 is 0 Å². The van der Waals surface area contributed by atoms with Gasteiger partial charge in [-0.05, 0) is 51.4 Å². The van der Waals surface area contributed by atoms with Crippen LogP contribution in [0.5, 0.6) is 5.75 Å². The molecule has 2 rings (SSSR count). The van der Waals surface area contributed by atoms with Crippen LogP contribution in [-0.4, -0.2) is 37.2 Å². The number of hydrogen-bond acceptors (Lipinski definition) is 3. The predicted octanol–water partition coefficient (Wildman–Crippen LogP) is 2.66. The van der Waals surface area contributed by atoms with E-state index in [9.17, 15) is 0 Å². The molecule has 1 aliphatic rings. The van der Waals surface area contributed by atoms with E-state index in [1.54, 1.807) is 0 Å². The predicted molar refractivity (Wildman–Crippen MR) is 79.6 cm³/mol. The van der Waals surface area contributed by atoms with Crippen molar-refractivity contribution in [2.45, 2.75) is 45.3 Å². The van der Waals surface area contributed by atoms with Crippen molar-refractivity contribution >= 4 is 0 Å². The highest BCUT2D eigenvalue weighted by Gasteiger charge is 2.28. The molecule has 1 N–H and O–H groups in total. The molecule has 0 spiro atoms. The number of benzene rings is 1. The van der Waals surface area contributed by atoms with E-state index in [1.807, 2.05) is 13.0 Å². The van der Waals surface area contributed by atoms with E-state index in [0.717, 1.165) is 31.5 Å². The standard InChI is InChI=1S/C16H26N2O/c1-4-19-16-7-5-6-14(10-16)12-17-11-13(2)18(3)15-8-9-15/h5-7,10,13,15,17H,4,8-9,11-12H2,1-3H3. The van der Waals surface area contributed by atoms with Crippen LogP contribution in [0.4, 0.5) is 0 Å². The maximum atomic E-state index is 5.52. The second-order valence-corrected chi connectivity index (χ2v) is 5.46. The molecular weight excluding hydrogens is 236 g/mol. The van der Waals surface area contributed by atoms with Crippen LogP contribution in [0.1, 0.15) is 32.3 Å². The van der Waals surface area contributed by atoms with Crippen LogP contribution in [0.2, 0.25) is 0 Å². The molecule has 3 heteroatoms. The zero-order chi connectivity index (χ0) is 13.7. The van der Waals surface area contributed by atoms with Gasteiger partial charge in [-0.15, -0.1) is 0 Å². The maximum absolute atomic E-state index is 5.52. The third kappa shape index (κ3) is 4.51. The summed E-state index contributed by atoms with van der Waals surface area (Å²) in [6.07, 6.45) is 2.74. The van der Waals surface area contributed by atoms with E-state index in [-0.39, 0.29) is 0 Å². The van der Waals surface area contributed by atoms with E-state index in [0.29, 0.717) is 6.04 Å². The molecular formula is C16H26N2O. The molecule has 1 fully saturated rings. The molecule has 3 nitrogen and oxygen atoms in total. The van der Waals surface area contributed by atoms with E-state index in [2.05, 4.69) is 42.4 Å². The normalized spacial score (nSPS) is 16.6. The topological polar surface area (TPSA) is 24.5 Å². The Bertz CT molecular complexity index is 390. The minimum Gasteiger partial charge on any atom is -0.494 e. The summed E-state index contributed by atoms with van der Waals surface area (Å²) in [4.78, 5) is 2.49. The van der Waals surface area contributed by atoms with E-state index in [1.165, 1.54) is 18.4 Å². The fourth-order valence-electron chi connectivity index (χ4n) is 2.32. The molecule has 0 bridgehead atoms. The average Bonchev–Trinajstić information content (AvgIpc) is 3.23. The minimum absolute atomic E-state index is 0.600. The summed E-state index contributed by atoms with van der Waals surface area (Å²) >= 11 is 0. The lowest BCUT2D eigenvalue weighted by Crippen LogP contribution is -2.38. The van der Waals surface area contributed by atoms with Gasteiger partial charge in [0.1, 0.15) is 5.75 Å². The Morgan fingerprint density at radius 1 is 1.42 bits per heavy atom. The van der Waals surface area contributed by atoms with Crippen LogP contribution in [-0.2, 0) is 6.54 Å². The molecule has 1 aromatic carbocycles. The Balaban J connectivity index is 1.73. The smallest absolute Gasteiger partial charge is 0.119 e. The lowest BCUT2D eigenvalue weighted by atomic mass is 10.2. The van der Waals surface area contributed by atoms with Crippen molar-refractivity contribution in [3.05, 3.63) is 29.8 Å². The van der Waals surface area contributed by atoms with Gasteiger partial charge in [-0.2, -0.15) is 0 Å². The van der Waals surface area contributed by atoms with Crippen molar-refractivity contribution in [2.24, 2.45) is 0 Å². The quantitative estimate of drug-likeness (QED) is 0.779. The van der Waals surface area contributed by atoms with Crippen molar-refractivity contribution in [3.8, 4) is 5.75 Å². The van der Waals surface area contributed by atoms with Crippen molar-refractivity contribution < 1.29 is 4.74 Å². The largest absolute Gasteiger partial charge is 0.494 e. The number of hydrogen-bond donors (Lipinski definition) is 1. The third-order valence-corrected chi connectivity index (χ3v) is 3.80. The molecule has 0 saturated heterocycles. The highest BCUT2D eigenvalue weighted by Crippen LogP contribution is 2.26. The molecule has 0 aliphatic heterocycles. The van der Waals surface area contributed by atoms with Crippen molar-refractivity contribution in [1.82, 2.24) is 10.2 Å². The summed E-state index contributed by atoms with van der Waals surface area (Å²) < 4.78 is 5.52. The first kappa shape index (κ1) is 14.4. The van der Waals surface area contributed by atoms with Crippen LogP contribution in [0.3, 0.4) is 0 Å². The second-order valence-electron chi connectivity index (χ2n) is 5.46. The first-order chi connectivity index (χ1) is 9.20. The van der Waals surface area contributed by atoms with Gasteiger partial charge in [-0.25, -0.2) is 0 Å². The monoisotopic (exact) mass is 262 g/mol. The van der Waals surface area contributed by atoms with E-state index >= 15 is 0 Å². The zero-order valence-corrected chi connectivity index (χ0v) is 12.4. The van der Waals surface area contributed by atoms with Gasteiger partial charge in [-0.3, -0.25) is 4.90 Å². The Morgan fingerprint density at radius 2 is 2.21 bits per heavy atom. The minimum atomic E-state index is 0.600. The Morgan fingerprint density at radius 3 is 2.89 bits per heavy atom. The van der Waals surface area contributed by atoms with Crippen molar-refractivity contribution in [1.29, 1.82) is 0 Å². The molecule has 1 aliphatic carbocycles. The molecule has 1 aromatic rings. The van der Waals surface area contributed by atoms with Crippen LogP contribution in [0, 0.1) is 0 Å². The fourth-order valence-corrected chi connectivity index (χ4v) is 2.32. The van der Waals surface area contributed by atoms with E-state index in [4.69, 9.17) is 4.74 Å².